The molecule has 0 radical (unpaired) electrons. The third kappa shape index (κ3) is 4.85. The topological polar surface area (TPSA) is 88.0 Å². The van der Waals surface area contributed by atoms with Crippen molar-refractivity contribution in [3.8, 4) is 5.75 Å². The van der Waals surface area contributed by atoms with Gasteiger partial charge >= 0.3 is 5.97 Å². The number of aliphatic carboxylic acids is 1. The molecule has 0 spiro atoms. The van der Waals surface area contributed by atoms with Crippen molar-refractivity contribution in [2.45, 2.75) is 63.9 Å². The van der Waals surface area contributed by atoms with Crippen molar-refractivity contribution in [1.29, 1.82) is 0 Å². The van der Waals surface area contributed by atoms with Gasteiger partial charge in [0.25, 0.3) is 0 Å². The monoisotopic (exact) mass is 489 g/mol. The maximum atomic E-state index is 11.5. The van der Waals surface area contributed by atoms with E-state index in [1.807, 2.05) is 32.0 Å². The number of β-amino-alcohol motifs (C(OH)–C–C–N with tert-alkyl or cyclic N) is 1. The van der Waals surface area contributed by atoms with Crippen LogP contribution in [0.4, 0.5) is 0 Å². The highest BCUT2D eigenvalue weighted by Crippen LogP contribution is 2.61. The highest BCUT2D eigenvalue weighted by atomic mass is 16.5. The second kappa shape index (κ2) is 9.51. The predicted octanol–water partition coefficient (Wildman–Crippen LogP) is 4.76. The number of nitrogens with one attached hydrogen (secondary N) is 1. The largest absolute Gasteiger partial charge is 0.488 e. The molecule has 5 rings (SSSR count). The number of hydrogen-bond donors (Lipinski definition) is 3. The lowest BCUT2D eigenvalue weighted by Crippen LogP contribution is -2.46. The van der Waals surface area contributed by atoms with Crippen LogP contribution in [0, 0.1) is 12.8 Å². The van der Waals surface area contributed by atoms with E-state index in [1.54, 1.807) is 0 Å². The Morgan fingerprint density at radius 1 is 1.14 bits per heavy atom. The van der Waals surface area contributed by atoms with E-state index >= 15 is 0 Å². The molecule has 1 fully saturated rings. The summed E-state index contributed by atoms with van der Waals surface area (Å²) in [4.78, 5) is 11.5. The molecule has 0 aromatic heterocycles. The van der Waals surface area contributed by atoms with E-state index in [9.17, 15) is 15.0 Å². The molecule has 3 aromatic carbocycles. The number of hydrogen-bond acceptors (Lipinski definition) is 5. The van der Waals surface area contributed by atoms with Gasteiger partial charge in [0.15, 0.2) is 0 Å². The lowest BCUT2D eigenvalue weighted by atomic mass is 9.93. The third-order valence-electron chi connectivity index (χ3n) is 7.51. The summed E-state index contributed by atoms with van der Waals surface area (Å²) in [5, 5.41) is 26.1. The Bertz CT molecular complexity index is 1290. The number of ether oxygens (including phenoxy) is 2. The molecular formula is C30H35NO5. The number of benzene rings is 3. The minimum Gasteiger partial charge on any atom is -0.488 e. The third-order valence-corrected chi connectivity index (χ3v) is 7.51. The Morgan fingerprint density at radius 3 is 2.64 bits per heavy atom. The standard InChI is InChI=1S/C30H35NO5/c1-17-9-12-23(24-25-26(29(33)34)28(25)36-27(17)24)18(2)35-16-22(32)15-31-30(3,4)14-19-10-11-20-7-5-6-8-21(20)13-19/h5-13,18,22,25-26,28,31-32H,14-16H2,1-4H3,(H,33,34)/t18-,22-,25-,26-,28-/m1/s1. The van der Waals surface area contributed by atoms with Crippen LogP contribution in [0.3, 0.4) is 0 Å². The predicted molar refractivity (Wildman–Crippen MR) is 140 cm³/mol. The first-order chi connectivity index (χ1) is 17.1. The smallest absolute Gasteiger partial charge is 0.311 e. The van der Waals surface area contributed by atoms with Crippen LogP contribution in [0.5, 0.6) is 5.75 Å². The number of aliphatic hydroxyl groups is 1. The summed E-state index contributed by atoms with van der Waals surface area (Å²) >= 11 is 0. The Morgan fingerprint density at radius 2 is 1.89 bits per heavy atom. The zero-order chi connectivity index (χ0) is 25.6. The van der Waals surface area contributed by atoms with Gasteiger partial charge in [0, 0.05) is 23.6 Å². The number of aliphatic hydroxyl groups excluding tert-OH is 1. The van der Waals surface area contributed by atoms with Gasteiger partial charge in [0.05, 0.1) is 18.8 Å². The molecule has 1 aliphatic carbocycles. The van der Waals surface area contributed by atoms with Gasteiger partial charge in [-0.1, -0.05) is 54.6 Å². The molecule has 0 bridgehead atoms. The summed E-state index contributed by atoms with van der Waals surface area (Å²) in [6, 6.07) is 18.9. The van der Waals surface area contributed by atoms with Crippen LogP contribution >= 0.6 is 0 Å². The van der Waals surface area contributed by atoms with Gasteiger partial charge in [-0.3, -0.25) is 4.79 Å². The summed E-state index contributed by atoms with van der Waals surface area (Å²) < 4.78 is 12.0. The second-order valence-electron chi connectivity index (χ2n) is 10.9. The number of fused-ring (bicyclic) bond motifs is 4. The van der Waals surface area contributed by atoms with E-state index in [0.29, 0.717) is 6.54 Å². The molecule has 3 N–H and O–H groups in total. The first-order valence-corrected chi connectivity index (χ1v) is 12.7. The molecule has 0 saturated heterocycles. The molecule has 1 aliphatic heterocycles. The normalized spacial score (nSPS) is 22.0. The van der Waals surface area contributed by atoms with Crippen molar-refractivity contribution in [2.24, 2.45) is 5.92 Å². The minimum atomic E-state index is -0.815. The number of carboxylic acids is 1. The second-order valence-corrected chi connectivity index (χ2v) is 10.9. The zero-order valence-electron chi connectivity index (χ0n) is 21.3. The van der Waals surface area contributed by atoms with Crippen molar-refractivity contribution < 1.29 is 24.5 Å². The number of carboxylic acid groups (broad SMARTS) is 1. The Labute approximate surface area is 212 Å². The SMILES string of the molecule is Cc1ccc([C@@H](C)OC[C@H](O)CNC(C)(C)Cc2ccc3ccccc3c2)c2c1O[C@H]1[C@H](C(=O)O)[C@@H]21. The molecule has 36 heavy (non-hydrogen) atoms. The molecule has 0 amide bonds. The van der Waals surface area contributed by atoms with Crippen LogP contribution < -0.4 is 10.1 Å². The van der Waals surface area contributed by atoms with Gasteiger partial charge in [-0.2, -0.15) is 0 Å². The van der Waals surface area contributed by atoms with Crippen molar-refractivity contribution >= 4 is 16.7 Å². The van der Waals surface area contributed by atoms with Gasteiger partial charge < -0.3 is 25.0 Å². The van der Waals surface area contributed by atoms with Crippen LogP contribution in [0.25, 0.3) is 10.8 Å². The van der Waals surface area contributed by atoms with Crippen LogP contribution in [-0.4, -0.2) is 47.1 Å². The Hall–Kier alpha value is -2.93. The van der Waals surface area contributed by atoms with E-state index in [2.05, 4.69) is 55.6 Å². The van der Waals surface area contributed by atoms with E-state index in [-0.39, 0.29) is 30.3 Å². The lowest BCUT2D eigenvalue weighted by Gasteiger charge is -2.28. The maximum absolute atomic E-state index is 11.5. The fourth-order valence-electron chi connectivity index (χ4n) is 5.50. The van der Waals surface area contributed by atoms with Gasteiger partial charge in [0.2, 0.25) is 0 Å². The fraction of sp³-hybridized carbons (Fsp3) is 0.433. The van der Waals surface area contributed by atoms with E-state index < -0.39 is 18.0 Å². The van der Waals surface area contributed by atoms with E-state index in [4.69, 9.17) is 9.47 Å². The highest BCUT2D eigenvalue weighted by Gasteiger charge is 2.64. The summed E-state index contributed by atoms with van der Waals surface area (Å²) in [5.74, 6) is -0.608. The highest BCUT2D eigenvalue weighted by molar-refractivity contribution is 5.83. The van der Waals surface area contributed by atoms with Crippen molar-refractivity contribution in [3.05, 3.63) is 76.9 Å². The number of aryl methyl sites for hydroxylation is 1. The summed E-state index contributed by atoms with van der Waals surface area (Å²) in [6.07, 6.45) is -0.385. The quantitative estimate of drug-likeness (QED) is 0.381. The van der Waals surface area contributed by atoms with Gasteiger partial charge in [-0.25, -0.2) is 0 Å². The first kappa shape index (κ1) is 24.8. The molecule has 5 atom stereocenters. The average Bonchev–Trinajstić information content (AvgIpc) is 3.43. The molecule has 1 heterocycles. The van der Waals surface area contributed by atoms with Crippen LogP contribution in [0.2, 0.25) is 0 Å². The average molecular weight is 490 g/mol. The van der Waals surface area contributed by atoms with Crippen molar-refractivity contribution in [1.82, 2.24) is 5.32 Å². The Kier molecular flexibility index (Phi) is 6.54. The lowest BCUT2D eigenvalue weighted by molar-refractivity contribution is -0.139. The molecule has 2 aliphatic rings. The number of carbonyl (C=O) groups is 1. The molecule has 190 valence electrons. The summed E-state index contributed by atoms with van der Waals surface area (Å²) in [5.41, 5.74) is 3.97. The zero-order valence-corrected chi connectivity index (χ0v) is 21.3. The van der Waals surface area contributed by atoms with Gasteiger partial charge in [-0.15, -0.1) is 0 Å². The van der Waals surface area contributed by atoms with Gasteiger partial charge in [-0.05, 0) is 61.6 Å². The van der Waals surface area contributed by atoms with Crippen molar-refractivity contribution in [3.63, 3.8) is 0 Å². The summed E-state index contributed by atoms with van der Waals surface area (Å²) in [7, 11) is 0. The molecule has 6 heteroatoms. The minimum absolute atomic E-state index is 0.110. The van der Waals surface area contributed by atoms with Crippen molar-refractivity contribution in [2.75, 3.05) is 13.2 Å². The molecule has 6 nitrogen and oxygen atoms in total. The van der Waals surface area contributed by atoms with E-state index in [0.717, 1.165) is 28.9 Å². The molecule has 0 unspecified atom stereocenters. The Balaban J connectivity index is 1.16. The maximum Gasteiger partial charge on any atom is 0.311 e. The van der Waals surface area contributed by atoms with Crippen LogP contribution in [0.1, 0.15) is 55.0 Å². The molecule has 3 aromatic rings. The molecule has 1 saturated carbocycles. The van der Waals surface area contributed by atoms with Crippen LogP contribution in [-0.2, 0) is 16.0 Å². The van der Waals surface area contributed by atoms with E-state index in [1.165, 1.54) is 16.3 Å². The number of rotatable bonds is 10. The van der Waals surface area contributed by atoms with Crippen LogP contribution in [0.15, 0.2) is 54.6 Å². The fourth-order valence-corrected chi connectivity index (χ4v) is 5.50. The van der Waals surface area contributed by atoms with Gasteiger partial charge in [0.1, 0.15) is 17.8 Å². The molecular weight excluding hydrogens is 454 g/mol. The summed E-state index contributed by atoms with van der Waals surface area (Å²) in [6.45, 7) is 8.79. The first-order valence-electron chi connectivity index (χ1n) is 12.7.